The van der Waals surface area contributed by atoms with Gasteiger partial charge < -0.3 is 4.98 Å². The molecule has 0 saturated carbocycles. The first kappa shape index (κ1) is 8.53. The van der Waals surface area contributed by atoms with Crippen molar-refractivity contribution < 1.29 is 0 Å². The van der Waals surface area contributed by atoms with Gasteiger partial charge >= 0.3 is 4.87 Å². The molecule has 62 valence electrons. The Balaban J connectivity index is 2.86. The summed E-state index contributed by atoms with van der Waals surface area (Å²) in [7, 11) is 0. The predicted molar refractivity (Wildman–Crippen MR) is 48.2 cm³/mol. The van der Waals surface area contributed by atoms with Crippen molar-refractivity contribution in [1.82, 2.24) is 4.98 Å². The summed E-state index contributed by atoms with van der Waals surface area (Å²) in [6, 6.07) is 0. The summed E-state index contributed by atoms with van der Waals surface area (Å²) in [6.45, 7) is 6.27. The Morgan fingerprint density at radius 3 is 2.55 bits per heavy atom. The number of nitrogens with one attached hydrogen (secondary N) is 1. The highest BCUT2D eigenvalue weighted by molar-refractivity contribution is 7.09. The van der Waals surface area contributed by atoms with Gasteiger partial charge in [0.15, 0.2) is 0 Å². The predicted octanol–water partition coefficient (Wildman–Crippen LogP) is 1.94. The van der Waals surface area contributed by atoms with E-state index in [1.54, 1.807) is 0 Å². The van der Waals surface area contributed by atoms with Crippen LogP contribution in [0.25, 0.3) is 0 Å². The third kappa shape index (κ3) is 2.19. The first-order chi connectivity index (χ1) is 5.09. The quantitative estimate of drug-likeness (QED) is 0.724. The first-order valence-electron chi connectivity index (χ1n) is 3.78. The van der Waals surface area contributed by atoms with Crippen molar-refractivity contribution in [3.63, 3.8) is 0 Å². The molecule has 0 aliphatic rings. The maximum absolute atomic E-state index is 10.9. The van der Waals surface area contributed by atoms with Crippen LogP contribution in [-0.2, 0) is 6.42 Å². The van der Waals surface area contributed by atoms with Crippen LogP contribution in [0.2, 0.25) is 0 Å². The lowest BCUT2D eigenvalue weighted by atomic mass is 10.1. The molecule has 1 N–H and O–H groups in total. The van der Waals surface area contributed by atoms with Gasteiger partial charge in [-0.3, -0.25) is 4.79 Å². The van der Waals surface area contributed by atoms with Crippen molar-refractivity contribution >= 4 is 11.3 Å². The van der Waals surface area contributed by atoms with E-state index in [1.807, 2.05) is 6.92 Å². The minimum Gasteiger partial charge on any atom is -0.317 e. The molecule has 2 nitrogen and oxygen atoms in total. The van der Waals surface area contributed by atoms with Crippen LogP contribution in [0.4, 0.5) is 0 Å². The summed E-state index contributed by atoms with van der Waals surface area (Å²) in [5.74, 6) is 0.625. The zero-order valence-corrected chi connectivity index (χ0v) is 7.92. The Hall–Kier alpha value is -0.570. The van der Waals surface area contributed by atoms with Crippen molar-refractivity contribution in [1.29, 1.82) is 0 Å². The van der Waals surface area contributed by atoms with E-state index < -0.39 is 0 Å². The molecule has 0 atom stereocenters. The summed E-state index contributed by atoms with van der Waals surface area (Å²) in [5, 5.41) is 0. The molecule has 3 heteroatoms. The van der Waals surface area contributed by atoms with Crippen LogP contribution in [0.3, 0.4) is 0 Å². The van der Waals surface area contributed by atoms with Crippen LogP contribution in [0.1, 0.15) is 24.4 Å². The van der Waals surface area contributed by atoms with Crippen molar-refractivity contribution in [3.05, 3.63) is 20.2 Å². The number of aryl methyl sites for hydroxylation is 1. The van der Waals surface area contributed by atoms with Gasteiger partial charge in [-0.2, -0.15) is 0 Å². The molecule has 0 aliphatic carbocycles. The fourth-order valence-corrected chi connectivity index (χ4v) is 2.05. The van der Waals surface area contributed by atoms with Crippen LogP contribution in [-0.4, -0.2) is 4.98 Å². The lowest BCUT2D eigenvalue weighted by Gasteiger charge is -2.00. The molecule has 0 radical (unpaired) electrons. The summed E-state index contributed by atoms with van der Waals surface area (Å²) in [5.41, 5.74) is 1.04. The molecule has 0 saturated heterocycles. The minimum absolute atomic E-state index is 0.0677. The van der Waals surface area contributed by atoms with E-state index in [0.717, 1.165) is 12.1 Å². The van der Waals surface area contributed by atoms with Crippen molar-refractivity contribution in [2.24, 2.45) is 5.92 Å². The molecule has 1 aromatic heterocycles. The smallest absolute Gasteiger partial charge is 0.304 e. The maximum atomic E-state index is 10.9. The van der Waals surface area contributed by atoms with E-state index in [-0.39, 0.29) is 4.87 Å². The Bertz CT molecular complexity index is 285. The first-order valence-corrected chi connectivity index (χ1v) is 4.60. The van der Waals surface area contributed by atoms with Crippen molar-refractivity contribution in [3.8, 4) is 0 Å². The van der Waals surface area contributed by atoms with Gasteiger partial charge in [0.2, 0.25) is 0 Å². The highest BCUT2D eigenvalue weighted by atomic mass is 32.1. The summed E-state index contributed by atoms with van der Waals surface area (Å²) in [6.07, 6.45) is 1.01. The third-order valence-corrected chi connectivity index (χ3v) is 2.52. The van der Waals surface area contributed by atoms with Gasteiger partial charge in [-0.15, -0.1) is 0 Å². The molecule has 0 aromatic carbocycles. The van der Waals surface area contributed by atoms with Crippen molar-refractivity contribution in [2.75, 3.05) is 0 Å². The minimum atomic E-state index is 0.0677. The van der Waals surface area contributed by atoms with E-state index in [2.05, 4.69) is 18.8 Å². The van der Waals surface area contributed by atoms with Gasteiger partial charge in [-0.1, -0.05) is 25.2 Å². The molecule has 1 rings (SSSR count). The molecule has 1 heterocycles. The second-order valence-electron chi connectivity index (χ2n) is 3.16. The Morgan fingerprint density at radius 1 is 1.55 bits per heavy atom. The van der Waals surface area contributed by atoms with Crippen LogP contribution in [0.15, 0.2) is 4.79 Å². The lowest BCUT2D eigenvalue weighted by molar-refractivity contribution is 0.651. The van der Waals surface area contributed by atoms with E-state index in [4.69, 9.17) is 0 Å². The van der Waals surface area contributed by atoms with Gasteiger partial charge in [0.1, 0.15) is 0 Å². The monoisotopic (exact) mass is 171 g/mol. The molecule has 11 heavy (non-hydrogen) atoms. The SMILES string of the molecule is Cc1[nH]c(=O)sc1CC(C)C. The number of thiazole rings is 1. The number of rotatable bonds is 2. The second-order valence-corrected chi connectivity index (χ2v) is 4.23. The van der Waals surface area contributed by atoms with Crippen molar-refractivity contribution in [2.45, 2.75) is 27.2 Å². The van der Waals surface area contributed by atoms with E-state index >= 15 is 0 Å². The summed E-state index contributed by atoms with van der Waals surface area (Å²) < 4.78 is 0. The van der Waals surface area contributed by atoms with Crippen LogP contribution >= 0.6 is 11.3 Å². The second kappa shape index (κ2) is 3.22. The normalized spacial score (nSPS) is 10.9. The average molecular weight is 171 g/mol. The van der Waals surface area contributed by atoms with Gasteiger partial charge in [0.25, 0.3) is 0 Å². The number of aromatic nitrogens is 1. The molecule has 0 fully saturated rings. The molecule has 0 amide bonds. The lowest BCUT2D eigenvalue weighted by Crippen LogP contribution is -1.93. The van der Waals surface area contributed by atoms with Gasteiger partial charge in [-0.05, 0) is 19.3 Å². The Labute approximate surface area is 70.3 Å². The van der Waals surface area contributed by atoms with E-state index in [9.17, 15) is 4.79 Å². The topological polar surface area (TPSA) is 32.9 Å². The molecule has 0 aliphatic heterocycles. The molecule has 0 bridgehead atoms. The van der Waals surface area contributed by atoms with E-state index in [0.29, 0.717) is 5.92 Å². The maximum Gasteiger partial charge on any atom is 0.304 e. The summed E-state index contributed by atoms with van der Waals surface area (Å²) >= 11 is 1.33. The van der Waals surface area contributed by atoms with Gasteiger partial charge in [-0.25, -0.2) is 0 Å². The number of hydrogen-bond donors (Lipinski definition) is 1. The zero-order valence-electron chi connectivity index (χ0n) is 7.10. The summed E-state index contributed by atoms with van der Waals surface area (Å²) in [4.78, 5) is 14.9. The Morgan fingerprint density at radius 2 is 2.18 bits per heavy atom. The highest BCUT2D eigenvalue weighted by Gasteiger charge is 2.04. The largest absolute Gasteiger partial charge is 0.317 e. The fourth-order valence-electron chi connectivity index (χ4n) is 1.00. The van der Waals surface area contributed by atoms with Gasteiger partial charge in [0, 0.05) is 10.6 Å². The molecular weight excluding hydrogens is 158 g/mol. The van der Waals surface area contributed by atoms with Crippen LogP contribution < -0.4 is 4.87 Å². The molecule has 0 spiro atoms. The molecule has 0 unspecified atom stereocenters. The standard InChI is InChI=1S/C8H13NOS/c1-5(2)4-7-6(3)9-8(10)11-7/h5H,4H2,1-3H3,(H,9,10). The number of H-pyrrole nitrogens is 1. The highest BCUT2D eigenvalue weighted by Crippen LogP contribution is 2.13. The fraction of sp³-hybridized carbons (Fsp3) is 0.625. The molecule has 1 aromatic rings. The Kier molecular flexibility index (Phi) is 2.49. The number of aromatic amines is 1. The van der Waals surface area contributed by atoms with Crippen LogP contribution in [0.5, 0.6) is 0 Å². The third-order valence-electron chi connectivity index (χ3n) is 1.52. The average Bonchev–Trinajstić information content (AvgIpc) is 2.09. The van der Waals surface area contributed by atoms with E-state index in [1.165, 1.54) is 16.2 Å². The number of hydrogen-bond acceptors (Lipinski definition) is 2. The molecular formula is C8H13NOS. The van der Waals surface area contributed by atoms with Gasteiger partial charge in [0.05, 0.1) is 0 Å². The van der Waals surface area contributed by atoms with Crippen LogP contribution in [0, 0.1) is 12.8 Å². The zero-order chi connectivity index (χ0) is 8.43.